The summed E-state index contributed by atoms with van der Waals surface area (Å²) in [5, 5.41) is 0. The second-order valence-electron chi connectivity index (χ2n) is 3.17. The van der Waals surface area contributed by atoms with E-state index < -0.39 is 34.1 Å². The summed E-state index contributed by atoms with van der Waals surface area (Å²) >= 11 is 0. The predicted molar refractivity (Wildman–Crippen MR) is 53.4 cm³/mol. The molecule has 0 bridgehead atoms. The first-order valence-corrected chi connectivity index (χ1v) is 6.37. The molecule has 17 heavy (non-hydrogen) atoms. The number of rotatable bonds is 6. The van der Waals surface area contributed by atoms with Gasteiger partial charge in [0.15, 0.2) is 0 Å². The van der Waals surface area contributed by atoms with Crippen molar-refractivity contribution in [2.24, 2.45) is 0 Å². The molecule has 0 aliphatic carbocycles. The van der Waals surface area contributed by atoms with E-state index in [0.29, 0.717) is 0 Å². The van der Waals surface area contributed by atoms with Crippen LogP contribution in [0.1, 0.15) is 26.7 Å². The molecule has 0 radical (unpaired) electrons. The van der Waals surface area contributed by atoms with Crippen molar-refractivity contribution in [2.45, 2.75) is 38.3 Å². The molecule has 9 heteroatoms. The van der Waals surface area contributed by atoms with Gasteiger partial charge in [-0.3, -0.25) is 4.79 Å². The van der Waals surface area contributed by atoms with Gasteiger partial charge in [-0.05, 0) is 6.42 Å². The summed E-state index contributed by atoms with van der Waals surface area (Å²) in [5.74, 6) is -0.594. The van der Waals surface area contributed by atoms with Gasteiger partial charge in [-0.1, -0.05) is 13.8 Å². The van der Waals surface area contributed by atoms with Gasteiger partial charge in [0.1, 0.15) is 6.10 Å². The van der Waals surface area contributed by atoms with Gasteiger partial charge in [0.25, 0.3) is 0 Å². The Kier molecular flexibility index (Phi) is 5.89. The highest BCUT2D eigenvalue weighted by Crippen LogP contribution is 2.21. The molecule has 0 aromatic heterocycles. The third kappa shape index (κ3) is 5.35. The second-order valence-corrected chi connectivity index (χ2v) is 4.93. The minimum atomic E-state index is -5.39. The highest BCUT2D eigenvalue weighted by molar-refractivity contribution is 7.90. The molecule has 0 saturated carbocycles. The molecule has 0 rings (SSSR count). The van der Waals surface area contributed by atoms with E-state index in [1.807, 2.05) is 0 Å². The second kappa shape index (κ2) is 6.20. The van der Waals surface area contributed by atoms with Crippen LogP contribution in [0, 0.1) is 0 Å². The zero-order valence-electron chi connectivity index (χ0n) is 9.37. The van der Waals surface area contributed by atoms with Crippen LogP contribution in [-0.4, -0.2) is 32.5 Å². The van der Waals surface area contributed by atoms with E-state index >= 15 is 0 Å². The number of hydrogen-bond acceptors (Lipinski definition) is 4. The Bertz CT molecular complexity index is 352. The highest BCUT2D eigenvalue weighted by atomic mass is 32.2. The van der Waals surface area contributed by atoms with Crippen LogP contribution < -0.4 is 4.72 Å². The van der Waals surface area contributed by atoms with Crippen molar-refractivity contribution in [3.05, 3.63) is 0 Å². The molecule has 5 nitrogen and oxygen atoms in total. The molecule has 0 fully saturated rings. The molecule has 0 saturated heterocycles. The predicted octanol–water partition coefficient (Wildman–Crippen LogP) is 1.16. The minimum Gasteiger partial charge on any atom is -0.461 e. The first-order valence-electron chi connectivity index (χ1n) is 4.89. The third-order valence-corrected chi connectivity index (χ3v) is 3.00. The van der Waals surface area contributed by atoms with E-state index in [1.54, 1.807) is 6.92 Å². The van der Waals surface area contributed by atoms with Crippen LogP contribution in [-0.2, 0) is 19.6 Å². The summed E-state index contributed by atoms with van der Waals surface area (Å²) < 4.78 is 63.3. The van der Waals surface area contributed by atoms with Crippen molar-refractivity contribution in [2.75, 3.05) is 6.54 Å². The van der Waals surface area contributed by atoms with Crippen molar-refractivity contribution >= 4 is 16.0 Å². The highest BCUT2D eigenvalue weighted by Gasteiger charge is 2.45. The molecule has 102 valence electrons. The Morgan fingerprint density at radius 1 is 1.35 bits per heavy atom. The quantitative estimate of drug-likeness (QED) is 0.739. The summed E-state index contributed by atoms with van der Waals surface area (Å²) in [5.41, 5.74) is -5.36. The number of ether oxygens (including phenoxy) is 1. The van der Waals surface area contributed by atoms with E-state index in [9.17, 15) is 26.4 Å². The van der Waals surface area contributed by atoms with E-state index in [1.165, 1.54) is 11.6 Å². The Balaban J connectivity index is 4.39. The number of carbonyl (C=O) groups is 1. The van der Waals surface area contributed by atoms with Crippen molar-refractivity contribution in [3.8, 4) is 0 Å². The van der Waals surface area contributed by atoms with Gasteiger partial charge in [0.2, 0.25) is 0 Å². The molecule has 0 amide bonds. The van der Waals surface area contributed by atoms with Crippen LogP contribution in [0.3, 0.4) is 0 Å². The molecule has 0 aromatic rings. The Morgan fingerprint density at radius 3 is 2.24 bits per heavy atom. The Hall–Kier alpha value is -0.830. The number of hydrogen-bond donors (Lipinski definition) is 1. The van der Waals surface area contributed by atoms with Gasteiger partial charge in [-0.2, -0.15) is 13.2 Å². The van der Waals surface area contributed by atoms with Crippen LogP contribution in [0.15, 0.2) is 0 Å². The topological polar surface area (TPSA) is 72.5 Å². The zero-order chi connectivity index (χ0) is 13.7. The fourth-order valence-corrected chi connectivity index (χ4v) is 1.39. The van der Waals surface area contributed by atoms with Gasteiger partial charge >= 0.3 is 21.5 Å². The maximum atomic E-state index is 12.0. The summed E-state index contributed by atoms with van der Waals surface area (Å²) in [6.45, 7) is 2.49. The smallest absolute Gasteiger partial charge is 0.461 e. The number of halogens is 3. The van der Waals surface area contributed by atoms with Gasteiger partial charge < -0.3 is 4.74 Å². The van der Waals surface area contributed by atoms with Crippen molar-refractivity contribution < 1.29 is 31.1 Å². The molecular weight excluding hydrogens is 263 g/mol. The maximum absolute atomic E-state index is 12.0. The largest absolute Gasteiger partial charge is 0.511 e. The molecule has 0 aliphatic heterocycles. The summed E-state index contributed by atoms with van der Waals surface area (Å²) in [6.07, 6.45) is -0.617. The average molecular weight is 277 g/mol. The Labute approximate surface area is 97.4 Å². The first-order chi connectivity index (χ1) is 7.64. The molecule has 1 N–H and O–H groups in total. The third-order valence-electron chi connectivity index (χ3n) is 1.85. The molecule has 1 unspecified atom stereocenters. The number of carbonyl (C=O) groups excluding carboxylic acids is 1. The molecule has 0 aromatic carbocycles. The average Bonchev–Trinajstić information content (AvgIpc) is 2.22. The number of sulfonamides is 1. The molecule has 0 aliphatic rings. The van der Waals surface area contributed by atoms with Crippen LogP contribution in [0.4, 0.5) is 13.2 Å². The lowest BCUT2D eigenvalue weighted by Gasteiger charge is -2.17. The standard InChI is InChI=1S/C8H14F3NO4S/c1-3-6(16-7(13)4-2)5-12-17(14,15)8(9,10)11/h6,12H,3-5H2,1-2H3. The lowest BCUT2D eigenvalue weighted by Crippen LogP contribution is -2.41. The molecule has 0 heterocycles. The lowest BCUT2D eigenvalue weighted by atomic mass is 10.3. The maximum Gasteiger partial charge on any atom is 0.511 e. The van der Waals surface area contributed by atoms with Crippen molar-refractivity contribution in [3.63, 3.8) is 0 Å². The molecular formula is C8H14F3NO4S. The van der Waals surface area contributed by atoms with Crippen LogP contribution in [0.5, 0.6) is 0 Å². The van der Waals surface area contributed by atoms with Gasteiger partial charge in [-0.15, -0.1) is 0 Å². The van der Waals surface area contributed by atoms with E-state index in [4.69, 9.17) is 4.74 Å². The van der Waals surface area contributed by atoms with E-state index in [2.05, 4.69) is 0 Å². The van der Waals surface area contributed by atoms with E-state index in [0.717, 1.165) is 0 Å². The Morgan fingerprint density at radius 2 is 1.88 bits per heavy atom. The van der Waals surface area contributed by atoms with Gasteiger partial charge in [-0.25, -0.2) is 13.1 Å². The molecule has 1 atom stereocenters. The summed E-state index contributed by atoms with van der Waals surface area (Å²) in [7, 11) is -5.39. The fourth-order valence-electron chi connectivity index (χ4n) is 0.823. The number of nitrogens with one attached hydrogen (secondary N) is 1. The van der Waals surface area contributed by atoms with E-state index in [-0.39, 0.29) is 12.8 Å². The van der Waals surface area contributed by atoms with Gasteiger partial charge in [0, 0.05) is 13.0 Å². The summed E-state index contributed by atoms with van der Waals surface area (Å²) in [6, 6.07) is 0. The number of alkyl halides is 3. The lowest BCUT2D eigenvalue weighted by molar-refractivity contribution is -0.148. The molecule has 0 spiro atoms. The fraction of sp³-hybridized carbons (Fsp3) is 0.875. The van der Waals surface area contributed by atoms with Crippen molar-refractivity contribution in [1.82, 2.24) is 4.72 Å². The first kappa shape index (κ1) is 16.2. The number of esters is 1. The zero-order valence-corrected chi connectivity index (χ0v) is 10.2. The van der Waals surface area contributed by atoms with Crippen LogP contribution in [0.25, 0.3) is 0 Å². The van der Waals surface area contributed by atoms with Crippen molar-refractivity contribution in [1.29, 1.82) is 0 Å². The van der Waals surface area contributed by atoms with Crippen LogP contribution in [0.2, 0.25) is 0 Å². The monoisotopic (exact) mass is 277 g/mol. The van der Waals surface area contributed by atoms with Crippen LogP contribution >= 0.6 is 0 Å². The van der Waals surface area contributed by atoms with Gasteiger partial charge in [0.05, 0.1) is 0 Å². The minimum absolute atomic E-state index is 0.0719. The SMILES string of the molecule is CCC(=O)OC(CC)CNS(=O)(=O)C(F)(F)F. The normalized spacial score (nSPS) is 14.4. The summed E-state index contributed by atoms with van der Waals surface area (Å²) in [4.78, 5) is 10.9.